The Hall–Kier alpha value is -3.90. The van der Waals surface area contributed by atoms with Crippen molar-refractivity contribution in [2.45, 2.75) is 19.1 Å². The van der Waals surface area contributed by atoms with Gasteiger partial charge in [-0.3, -0.25) is 0 Å². The van der Waals surface area contributed by atoms with Crippen molar-refractivity contribution in [3.05, 3.63) is 78.1 Å². The van der Waals surface area contributed by atoms with E-state index in [2.05, 4.69) is 41.4 Å². The van der Waals surface area contributed by atoms with E-state index in [1.807, 2.05) is 30.3 Å². The average Bonchev–Trinajstić information content (AvgIpc) is 3.29. The van der Waals surface area contributed by atoms with E-state index in [1.54, 1.807) is 23.5 Å². The summed E-state index contributed by atoms with van der Waals surface area (Å²) in [7, 11) is 4.13. The molecule has 1 aromatic heterocycles. The Labute approximate surface area is 226 Å². The van der Waals surface area contributed by atoms with Crippen LogP contribution in [0.25, 0.3) is 10.2 Å². The first-order valence-corrected chi connectivity index (χ1v) is 12.6. The lowest BCUT2D eigenvalue weighted by Crippen LogP contribution is -2.21. The van der Waals surface area contributed by atoms with E-state index in [4.69, 9.17) is 19.4 Å². The number of hydrogen-bond acceptors (Lipinski definition) is 7. The SMILES string of the molecule is CN(C)CCCOc1ccc(CNc2nc3ccc(Oc4ccc(F)cc4)cc3s2)cc1.O=C(O)C(F)(F)F. The summed E-state index contributed by atoms with van der Waals surface area (Å²) in [4.78, 5) is 15.7. The number of ether oxygens (including phenoxy) is 2. The molecule has 0 aliphatic heterocycles. The molecule has 39 heavy (non-hydrogen) atoms. The minimum Gasteiger partial charge on any atom is -0.494 e. The summed E-state index contributed by atoms with van der Waals surface area (Å²) < 4.78 is 57.4. The van der Waals surface area contributed by atoms with Gasteiger partial charge in [-0.25, -0.2) is 14.2 Å². The normalized spacial score (nSPS) is 11.2. The van der Waals surface area contributed by atoms with Crippen molar-refractivity contribution >= 4 is 32.7 Å². The van der Waals surface area contributed by atoms with Gasteiger partial charge in [-0.05, 0) is 74.6 Å². The monoisotopic (exact) mass is 565 g/mol. The Morgan fingerprint density at radius 1 is 1.00 bits per heavy atom. The second-order valence-corrected chi connectivity index (χ2v) is 9.54. The van der Waals surface area contributed by atoms with E-state index >= 15 is 0 Å². The predicted octanol–water partition coefficient (Wildman–Crippen LogP) is 6.80. The molecule has 0 aliphatic carbocycles. The third-order valence-electron chi connectivity index (χ3n) is 5.04. The van der Waals surface area contributed by atoms with Crippen molar-refractivity contribution in [3.8, 4) is 17.2 Å². The molecule has 0 saturated heterocycles. The van der Waals surface area contributed by atoms with Crippen LogP contribution in [-0.4, -0.2) is 54.4 Å². The van der Waals surface area contributed by atoms with Crippen LogP contribution >= 0.6 is 11.3 Å². The van der Waals surface area contributed by atoms with Crippen LogP contribution in [0.15, 0.2) is 66.7 Å². The van der Waals surface area contributed by atoms with Gasteiger partial charge in [0.2, 0.25) is 0 Å². The largest absolute Gasteiger partial charge is 0.494 e. The Morgan fingerprint density at radius 2 is 1.62 bits per heavy atom. The number of thiazole rings is 1. The van der Waals surface area contributed by atoms with E-state index in [-0.39, 0.29) is 5.82 Å². The minimum absolute atomic E-state index is 0.284. The first kappa shape index (κ1) is 29.7. The Balaban J connectivity index is 0.000000532. The zero-order valence-electron chi connectivity index (χ0n) is 21.2. The Kier molecular flexibility index (Phi) is 10.5. The number of carboxylic acids is 1. The highest BCUT2D eigenvalue weighted by Crippen LogP contribution is 2.31. The van der Waals surface area contributed by atoms with Gasteiger partial charge in [0.15, 0.2) is 5.13 Å². The number of halogens is 4. The topological polar surface area (TPSA) is 83.9 Å². The number of benzene rings is 3. The lowest BCUT2D eigenvalue weighted by Gasteiger charge is -2.10. The number of aliphatic carboxylic acids is 1. The van der Waals surface area contributed by atoms with Gasteiger partial charge in [0.05, 0.1) is 16.8 Å². The fraction of sp³-hybridized carbons (Fsp3) is 0.259. The molecule has 0 unspecified atom stereocenters. The van der Waals surface area contributed by atoms with E-state index in [0.717, 1.165) is 39.6 Å². The zero-order chi connectivity index (χ0) is 28.4. The number of fused-ring (bicyclic) bond motifs is 1. The fourth-order valence-corrected chi connectivity index (χ4v) is 4.02. The molecular weight excluding hydrogens is 538 g/mol. The number of carbonyl (C=O) groups is 1. The molecule has 4 rings (SSSR count). The van der Waals surface area contributed by atoms with Crippen molar-refractivity contribution < 1.29 is 36.9 Å². The van der Waals surface area contributed by atoms with Gasteiger partial charge in [-0.15, -0.1) is 0 Å². The van der Waals surface area contributed by atoms with Crippen molar-refractivity contribution in [1.82, 2.24) is 9.88 Å². The van der Waals surface area contributed by atoms with Crippen molar-refractivity contribution in [3.63, 3.8) is 0 Å². The summed E-state index contributed by atoms with van der Waals surface area (Å²) in [5.74, 6) is -0.860. The molecule has 12 heteroatoms. The highest BCUT2D eigenvalue weighted by Gasteiger charge is 2.38. The number of carboxylic acid groups (broad SMARTS) is 1. The number of alkyl halides is 3. The zero-order valence-corrected chi connectivity index (χ0v) is 22.0. The summed E-state index contributed by atoms with van der Waals surface area (Å²) in [5, 5.41) is 11.4. The van der Waals surface area contributed by atoms with Crippen molar-refractivity contribution in [2.24, 2.45) is 0 Å². The summed E-state index contributed by atoms with van der Waals surface area (Å²) >= 11 is 1.57. The molecule has 0 fully saturated rings. The lowest BCUT2D eigenvalue weighted by molar-refractivity contribution is -0.192. The molecule has 0 aliphatic rings. The van der Waals surface area contributed by atoms with E-state index in [0.29, 0.717) is 24.7 Å². The molecule has 0 spiro atoms. The van der Waals surface area contributed by atoms with Crippen LogP contribution < -0.4 is 14.8 Å². The van der Waals surface area contributed by atoms with Crippen LogP contribution in [0.4, 0.5) is 22.7 Å². The molecule has 3 aromatic carbocycles. The number of rotatable bonds is 10. The van der Waals surface area contributed by atoms with Gasteiger partial charge < -0.3 is 24.8 Å². The maximum atomic E-state index is 13.1. The van der Waals surface area contributed by atoms with Gasteiger partial charge in [0, 0.05) is 19.2 Å². The molecule has 7 nitrogen and oxygen atoms in total. The second-order valence-electron chi connectivity index (χ2n) is 8.51. The third kappa shape index (κ3) is 10.1. The van der Waals surface area contributed by atoms with Crippen LogP contribution in [0.3, 0.4) is 0 Å². The standard InChI is InChI=1S/C25H26FN3O2S.C2HF3O2/c1-29(2)14-3-15-30-20-8-4-18(5-9-20)17-27-25-28-23-13-12-22(16-24(23)32-25)31-21-10-6-19(26)7-11-21;3-2(4,5)1(6)7/h4-13,16H,3,14-15,17H2,1-2H3,(H,27,28);(H,6,7). The van der Waals surface area contributed by atoms with Crippen LogP contribution in [-0.2, 0) is 11.3 Å². The van der Waals surface area contributed by atoms with E-state index in [9.17, 15) is 17.6 Å². The van der Waals surface area contributed by atoms with E-state index in [1.165, 1.54) is 12.1 Å². The van der Waals surface area contributed by atoms with Crippen molar-refractivity contribution in [2.75, 3.05) is 32.6 Å². The van der Waals surface area contributed by atoms with Gasteiger partial charge in [-0.1, -0.05) is 23.5 Å². The van der Waals surface area contributed by atoms with Crippen LogP contribution in [0.2, 0.25) is 0 Å². The van der Waals surface area contributed by atoms with Gasteiger partial charge in [0.1, 0.15) is 23.1 Å². The first-order valence-electron chi connectivity index (χ1n) is 11.7. The molecule has 0 atom stereocenters. The first-order chi connectivity index (χ1) is 18.5. The fourth-order valence-electron chi connectivity index (χ4n) is 3.13. The maximum Gasteiger partial charge on any atom is 0.490 e. The minimum atomic E-state index is -5.08. The van der Waals surface area contributed by atoms with Gasteiger partial charge >= 0.3 is 12.1 Å². The summed E-state index contributed by atoms with van der Waals surface area (Å²) in [6, 6.07) is 19.9. The molecule has 0 amide bonds. The molecule has 0 saturated carbocycles. The summed E-state index contributed by atoms with van der Waals surface area (Å²) in [6.45, 7) is 2.41. The number of aromatic nitrogens is 1. The van der Waals surface area contributed by atoms with Crippen LogP contribution in [0, 0.1) is 5.82 Å². The van der Waals surface area contributed by atoms with Gasteiger partial charge in [-0.2, -0.15) is 13.2 Å². The molecular formula is C27H27F4N3O4S. The highest BCUT2D eigenvalue weighted by atomic mass is 32.1. The average molecular weight is 566 g/mol. The number of anilines is 1. The molecule has 2 N–H and O–H groups in total. The molecule has 208 valence electrons. The summed E-state index contributed by atoms with van der Waals surface area (Å²) in [6.07, 6.45) is -4.08. The van der Waals surface area contributed by atoms with Crippen LogP contribution in [0.5, 0.6) is 17.2 Å². The number of hydrogen-bond donors (Lipinski definition) is 2. The molecule has 0 radical (unpaired) electrons. The smallest absolute Gasteiger partial charge is 0.490 e. The molecule has 0 bridgehead atoms. The van der Waals surface area contributed by atoms with E-state index < -0.39 is 12.1 Å². The quantitative estimate of drug-likeness (QED) is 0.162. The lowest BCUT2D eigenvalue weighted by atomic mass is 10.2. The molecule has 4 aromatic rings. The highest BCUT2D eigenvalue weighted by molar-refractivity contribution is 7.22. The maximum absolute atomic E-state index is 13.1. The van der Waals surface area contributed by atoms with Gasteiger partial charge in [0.25, 0.3) is 0 Å². The third-order valence-corrected chi connectivity index (χ3v) is 6.01. The Bertz CT molecular complexity index is 1340. The number of nitrogens with one attached hydrogen (secondary N) is 1. The predicted molar refractivity (Wildman–Crippen MR) is 142 cm³/mol. The number of nitrogens with zero attached hydrogens (tertiary/aromatic N) is 2. The molecule has 1 heterocycles. The second kappa shape index (κ2) is 13.8. The Morgan fingerprint density at radius 3 is 2.23 bits per heavy atom. The van der Waals surface area contributed by atoms with Crippen molar-refractivity contribution in [1.29, 1.82) is 0 Å². The van der Waals surface area contributed by atoms with Crippen LogP contribution in [0.1, 0.15) is 12.0 Å². The summed E-state index contributed by atoms with van der Waals surface area (Å²) in [5.41, 5.74) is 2.07.